The summed E-state index contributed by atoms with van der Waals surface area (Å²) in [6.07, 6.45) is -4.11. The van der Waals surface area contributed by atoms with Crippen molar-refractivity contribution in [3.8, 4) is 5.75 Å². The zero-order valence-corrected chi connectivity index (χ0v) is 7.88. The second-order valence-electron chi connectivity index (χ2n) is 2.78. The maximum atomic E-state index is 13.4. The standard InChI is InChI=1S/C8H8F4N2O2/c9-6-4(1-13)2-14-5(3-15)7(6)16-8(10,11)12/h2,15H,1,3,13H2. The van der Waals surface area contributed by atoms with Gasteiger partial charge in [0.1, 0.15) is 5.69 Å². The molecule has 90 valence electrons. The van der Waals surface area contributed by atoms with E-state index in [-0.39, 0.29) is 12.1 Å². The normalized spacial score (nSPS) is 11.6. The maximum absolute atomic E-state index is 13.4. The van der Waals surface area contributed by atoms with Gasteiger partial charge in [0.15, 0.2) is 11.6 Å². The Bertz CT molecular complexity index is 381. The van der Waals surface area contributed by atoms with Crippen molar-refractivity contribution < 1.29 is 27.4 Å². The lowest BCUT2D eigenvalue weighted by Crippen LogP contribution is -2.20. The molecule has 16 heavy (non-hydrogen) atoms. The summed E-state index contributed by atoms with van der Waals surface area (Å²) in [4.78, 5) is 3.42. The molecule has 0 aliphatic rings. The highest BCUT2D eigenvalue weighted by atomic mass is 19.4. The van der Waals surface area contributed by atoms with Crippen molar-refractivity contribution in [2.45, 2.75) is 19.5 Å². The molecule has 0 saturated carbocycles. The van der Waals surface area contributed by atoms with Gasteiger partial charge in [-0.15, -0.1) is 13.2 Å². The number of ether oxygens (including phenoxy) is 1. The van der Waals surface area contributed by atoms with E-state index in [2.05, 4.69) is 9.72 Å². The number of pyridine rings is 1. The van der Waals surface area contributed by atoms with Gasteiger partial charge in [-0.3, -0.25) is 4.98 Å². The lowest BCUT2D eigenvalue weighted by molar-refractivity contribution is -0.276. The molecule has 0 amide bonds. The van der Waals surface area contributed by atoms with Crippen molar-refractivity contribution in [2.24, 2.45) is 5.73 Å². The van der Waals surface area contributed by atoms with E-state index in [9.17, 15) is 17.6 Å². The van der Waals surface area contributed by atoms with E-state index >= 15 is 0 Å². The van der Waals surface area contributed by atoms with Gasteiger partial charge >= 0.3 is 6.36 Å². The van der Waals surface area contributed by atoms with Crippen LogP contribution in [0.15, 0.2) is 6.20 Å². The Hall–Kier alpha value is -1.41. The molecule has 1 aromatic rings. The number of alkyl halides is 3. The molecule has 0 bridgehead atoms. The quantitative estimate of drug-likeness (QED) is 0.775. The summed E-state index contributed by atoms with van der Waals surface area (Å²) in [6, 6.07) is 0. The molecule has 0 spiro atoms. The van der Waals surface area contributed by atoms with Gasteiger partial charge in [-0.1, -0.05) is 0 Å². The van der Waals surface area contributed by atoms with Crippen LogP contribution in [0.1, 0.15) is 11.3 Å². The third kappa shape index (κ3) is 2.80. The lowest BCUT2D eigenvalue weighted by atomic mass is 10.2. The number of nitrogens with two attached hydrogens (primary N) is 1. The Labute approximate surface area is 87.7 Å². The topological polar surface area (TPSA) is 68.4 Å². The Morgan fingerprint density at radius 2 is 2.06 bits per heavy atom. The highest BCUT2D eigenvalue weighted by Crippen LogP contribution is 2.29. The molecule has 0 atom stereocenters. The summed E-state index contributed by atoms with van der Waals surface area (Å²) in [5.74, 6) is -2.41. The molecule has 3 N–H and O–H groups in total. The van der Waals surface area contributed by atoms with Gasteiger partial charge in [0.2, 0.25) is 0 Å². The molecule has 0 radical (unpaired) electrons. The van der Waals surface area contributed by atoms with Crippen LogP contribution in [0.2, 0.25) is 0 Å². The zero-order valence-electron chi connectivity index (χ0n) is 7.88. The molecule has 1 heterocycles. The Balaban J connectivity index is 3.21. The van der Waals surface area contributed by atoms with Crippen molar-refractivity contribution in [2.75, 3.05) is 0 Å². The Kier molecular flexibility index (Phi) is 3.66. The predicted octanol–water partition coefficient (Wildman–Crippen LogP) is 1.07. The number of aliphatic hydroxyl groups is 1. The van der Waals surface area contributed by atoms with Gasteiger partial charge in [-0.2, -0.15) is 0 Å². The van der Waals surface area contributed by atoms with Crippen LogP contribution in [0, 0.1) is 5.82 Å². The molecule has 0 unspecified atom stereocenters. The molecule has 0 aromatic carbocycles. The first-order chi connectivity index (χ1) is 7.39. The second kappa shape index (κ2) is 4.62. The number of halogens is 4. The first-order valence-electron chi connectivity index (χ1n) is 4.12. The van der Waals surface area contributed by atoms with Crippen molar-refractivity contribution in [1.29, 1.82) is 0 Å². The Morgan fingerprint density at radius 3 is 2.50 bits per heavy atom. The van der Waals surface area contributed by atoms with Crippen molar-refractivity contribution >= 4 is 0 Å². The van der Waals surface area contributed by atoms with Crippen molar-refractivity contribution in [3.05, 3.63) is 23.3 Å². The molecule has 4 nitrogen and oxygen atoms in total. The van der Waals surface area contributed by atoms with E-state index in [1.165, 1.54) is 0 Å². The number of aromatic nitrogens is 1. The van der Waals surface area contributed by atoms with E-state index < -0.39 is 30.2 Å². The number of aliphatic hydroxyl groups excluding tert-OH is 1. The third-order valence-corrected chi connectivity index (χ3v) is 1.71. The lowest BCUT2D eigenvalue weighted by Gasteiger charge is -2.13. The van der Waals surface area contributed by atoms with E-state index in [1.807, 2.05) is 0 Å². The zero-order chi connectivity index (χ0) is 12.3. The minimum absolute atomic E-state index is 0.226. The monoisotopic (exact) mass is 240 g/mol. The van der Waals surface area contributed by atoms with Crippen LogP contribution in [0.5, 0.6) is 5.75 Å². The van der Waals surface area contributed by atoms with Crippen LogP contribution in [-0.4, -0.2) is 16.5 Å². The number of nitrogens with zero attached hydrogens (tertiary/aromatic N) is 1. The van der Waals surface area contributed by atoms with Crippen LogP contribution < -0.4 is 10.5 Å². The molecule has 1 aromatic heterocycles. The fourth-order valence-electron chi connectivity index (χ4n) is 1.02. The average Bonchev–Trinajstić information content (AvgIpc) is 2.19. The largest absolute Gasteiger partial charge is 0.573 e. The fourth-order valence-corrected chi connectivity index (χ4v) is 1.02. The molecule has 8 heteroatoms. The average molecular weight is 240 g/mol. The molecule has 1 rings (SSSR count). The van der Waals surface area contributed by atoms with Crippen LogP contribution in [0.25, 0.3) is 0 Å². The molecule has 0 aliphatic heterocycles. The predicted molar refractivity (Wildman–Crippen MR) is 44.7 cm³/mol. The van der Waals surface area contributed by atoms with E-state index in [0.717, 1.165) is 6.20 Å². The number of hydrogen-bond donors (Lipinski definition) is 2. The Morgan fingerprint density at radius 1 is 1.44 bits per heavy atom. The molecule has 0 fully saturated rings. The molecule has 0 aliphatic carbocycles. The second-order valence-corrected chi connectivity index (χ2v) is 2.78. The SMILES string of the molecule is NCc1cnc(CO)c(OC(F)(F)F)c1F. The van der Waals surface area contributed by atoms with Crippen LogP contribution in [0.4, 0.5) is 17.6 Å². The summed E-state index contributed by atoms with van der Waals surface area (Å²) in [7, 11) is 0. The van der Waals surface area contributed by atoms with Gasteiger partial charge in [-0.25, -0.2) is 4.39 Å². The highest BCUT2D eigenvalue weighted by Gasteiger charge is 2.34. The summed E-state index contributed by atoms with van der Waals surface area (Å²) in [5.41, 5.74) is 4.33. The fraction of sp³-hybridized carbons (Fsp3) is 0.375. The van der Waals surface area contributed by atoms with Crippen molar-refractivity contribution in [3.63, 3.8) is 0 Å². The summed E-state index contributed by atoms with van der Waals surface area (Å²) >= 11 is 0. The minimum Gasteiger partial charge on any atom is -0.401 e. The van der Waals surface area contributed by atoms with Crippen LogP contribution >= 0.6 is 0 Å². The molecular formula is C8H8F4N2O2. The summed E-state index contributed by atoms with van der Waals surface area (Å²) in [5, 5.41) is 8.70. The highest BCUT2D eigenvalue weighted by molar-refractivity contribution is 5.33. The van der Waals surface area contributed by atoms with Gasteiger partial charge in [0.25, 0.3) is 0 Å². The summed E-state index contributed by atoms with van der Waals surface area (Å²) in [6.45, 7) is -1.19. The number of rotatable bonds is 3. The molecular weight excluding hydrogens is 232 g/mol. The summed E-state index contributed by atoms with van der Waals surface area (Å²) < 4.78 is 52.7. The van der Waals surface area contributed by atoms with E-state index in [4.69, 9.17) is 10.8 Å². The van der Waals surface area contributed by atoms with Gasteiger partial charge in [0.05, 0.1) is 6.61 Å². The third-order valence-electron chi connectivity index (χ3n) is 1.71. The van der Waals surface area contributed by atoms with E-state index in [1.54, 1.807) is 0 Å². The molecule has 0 saturated heterocycles. The van der Waals surface area contributed by atoms with Crippen LogP contribution in [0.3, 0.4) is 0 Å². The van der Waals surface area contributed by atoms with Gasteiger partial charge in [-0.05, 0) is 0 Å². The maximum Gasteiger partial charge on any atom is 0.573 e. The van der Waals surface area contributed by atoms with Gasteiger partial charge in [0, 0.05) is 18.3 Å². The first kappa shape index (κ1) is 12.7. The van der Waals surface area contributed by atoms with Gasteiger partial charge < -0.3 is 15.6 Å². The van der Waals surface area contributed by atoms with Crippen molar-refractivity contribution in [1.82, 2.24) is 4.98 Å². The number of hydrogen-bond acceptors (Lipinski definition) is 4. The van der Waals surface area contributed by atoms with Crippen LogP contribution in [-0.2, 0) is 13.2 Å². The van der Waals surface area contributed by atoms with E-state index in [0.29, 0.717) is 0 Å². The smallest absolute Gasteiger partial charge is 0.401 e. The minimum atomic E-state index is -5.06. The first-order valence-corrected chi connectivity index (χ1v) is 4.12.